The van der Waals surface area contributed by atoms with Gasteiger partial charge in [-0.1, -0.05) is 25.3 Å². The molecule has 0 amide bonds. The molecule has 0 spiro atoms. The van der Waals surface area contributed by atoms with Crippen LogP contribution in [0.25, 0.3) is 0 Å². The van der Waals surface area contributed by atoms with Gasteiger partial charge in [0.05, 0.1) is 0 Å². The van der Waals surface area contributed by atoms with Gasteiger partial charge in [-0.3, -0.25) is 5.41 Å². The Morgan fingerprint density at radius 3 is 2.45 bits per heavy atom. The molecule has 0 radical (unpaired) electrons. The van der Waals surface area contributed by atoms with E-state index in [4.69, 9.17) is 11.1 Å². The van der Waals surface area contributed by atoms with Gasteiger partial charge in [0.2, 0.25) is 0 Å². The van der Waals surface area contributed by atoms with Gasteiger partial charge in [-0.05, 0) is 24.8 Å². The highest BCUT2D eigenvalue weighted by molar-refractivity contribution is 5.88. The molecule has 0 unspecified atom stereocenters. The van der Waals surface area contributed by atoms with E-state index in [1.807, 2.05) is 0 Å². The van der Waals surface area contributed by atoms with Gasteiger partial charge in [0.25, 0.3) is 0 Å². The van der Waals surface area contributed by atoms with E-state index >= 15 is 0 Å². The van der Waals surface area contributed by atoms with Gasteiger partial charge in [-0.2, -0.15) is 0 Å². The first-order valence-corrected chi connectivity index (χ1v) is 4.31. The van der Waals surface area contributed by atoms with E-state index in [1.165, 1.54) is 32.1 Å². The second-order valence-electron chi connectivity index (χ2n) is 3.21. The molecule has 2 nitrogen and oxygen atoms in total. The molecule has 0 aliphatic heterocycles. The first-order valence-electron chi connectivity index (χ1n) is 4.31. The molecule has 3 N–H and O–H groups in total. The zero-order chi connectivity index (χ0) is 8.10. The maximum absolute atomic E-state index is 7.00. The summed E-state index contributed by atoms with van der Waals surface area (Å²) in [5.74, 6) is 0.864. The largest absolute Gasteiger partial charge is 0.384 e. The lowest BCUT2D eigenvalue weighted by molar-refractivity contribution is 0.419. The average molecular weight is 152 g/mol. The molecule has 1 fully saturated rings. The maximum atomic E-state index is 7.00. The lowest BCUT2D eigenvalue weighted by Gasteiger charge is -2.17. The molecule has 1 aliphatic carbocycles. The molecule has 1 saturated carbocycles. The Bertz CT molecular complexity index is 155. The van der Waals surface area contributed by atoms with Crippen LogP contribution in [0.2, 0.25) is 0 Å². The summed E-state index contributed by atoms with van der Waals surface area (Å²) in [5.41, 5.74) is 5.21. The van der Waals surface area contributed by atoms with Crippen LogP contribution in [0, 0.1) is 11.3 Å². The molecule has 0 heterocycles. The highest BCUT2D eigenvalue weighted by atomic mass is 14.7. The third-order valence-electron chi connectivity index (χ3n) is 2.20. The Kier molecular flexibility index (Phi) is 3.14. The highest BCUT2D eigenvalue weighted by Crippen LogP contribution is 2.24. The third-order valence-corrected chi connectivity index (χ3v) is 2.20. The zero-order valence-electron chi connectivity index (χ0n) is 6.84. The van der Waals surface area contributed by atoms with Gasteiger partial charge in [-0.15, -0.1) is 0 Å². The van der Waals surface area contributed by atoms with Gasteiger partial charge < -0.3 is 5.73 Å². The summed E-state index contributed by atoms with van der Waals surface area (Å²) in [5, 5.41) is 7.00. The first kappa shape index (κ1) is 8.31. The minimum atomic E-state index is 0.176. The van der Waals surface area contributed by atoms with E-state index < -0.39 is 0 Å². The smallest absolute Gasteiger partial charge is 0.114 e. The Hall–Kier alpha value is -0.790. The number of nitrogens with one attached hydrogen (secondary N) is 1. The number of hydrogen-bond donors (Lipinski definition) is 2. The summed E-state index contributed by atoms with van der Waals surface area (Å²) < 4.78 is 0. The SMILES string of the molecule is N=C(N)C=CC1CCCCC1. The summed E-state index contributed by atoms with van der Waals surface area (Å²) in [6.45, 7) is 0. The molecule has 0 saturated heterocycles. The normalized spacial score (nSPS) is 20.7. The van der Waals surface area contributed by atoms with E-state index in [0.717, 1.165) is 0 Å². The van der Waals surface area contributed by atoms with Crippen molar-refractivity contribution >= 4 is 5.84 Å². The summed E-state index contributed by atoms with van der Waals surface area (Å²) in [6.07, 6.45) is 10.4. The topological polar surface area (TPSA) is 49.9 Å². The second kappa shape index (κ2) is 4.16. The summed E-state index contributed by atoms with van der Waals surface area (Å²) >= 11 is 0. The maximum Gasteiger partial charge on any atom is 0.114 e. The number of nitrogens with two attached hydrogens (primary N) is 1. The van der Waals surface area contributed by atoms with Crippen LogP contribution >= 0.6 is 0 Å². The van der Waals surface area contributed by atoms with E-state index in [2.05, 4.69) is 6.08 Å². The van der Waals surface area contributed by atoms with E-state index in [-0.39, 0.29) is 5.84 Å². The molecule has 0 aromatic heterocycles. The molecule has 0 aromatic rings. The Balaban J connectivity index is 2.29. The fourth-order valence-corrected chi connectivity index (χ4v) is 1.57. The number of rotatable bonds is 2. The van der Waals surface area contributed by atoms with Crippen LogP contribution in [-0.2, 0) is 0 Å². The van der Waals surface area contributed by atoms with Crippen LogP contribution < -0.4 is 5.73 Å². The van der Waals surface area contributed by atoms with Crippen molar-refractivity contribution in [2.75, 3.05) is 0 Å². The van der Waals surface area contributed by atoms with E-state index in [1.54, 1.807) is 6.08 Å². The molecule has 1 rings (SSSR count). The summed E-state index contributed by atoms with van der Waals surface area (Å²) in [7, 11) is 0. The van der Waals surface area contributed by atoms with Crippen LogP contribution in [-0.4, -0.2) is 5.84 Å². The van der Waals surface area contributed by atoms with Gasteiger partial charge in [0, 0.05) is 0 Å². The average Bonchev–Trinajstić information content (AvgIpc) is 2.03. The van der Waals surface area contributed by atoms with Crippen molar-refractivity contribution in [3.05, 3.63) is 12.2 Å². The summed E-state index contributed by atoms with van der Waals surface area (Å²) in [4.78, 5) is 0. The minimum Gasteiger partial charge on any atom is -0.384 e. The third kappa shape index (κ3) is 3.21. The Labute approximate surface area is 68.0 Å². The predicted octanol–water partition coefficient (Wildman–Crippen LogP) is 2.06. The zero-order valence-corrected chi connectivity index (χ0v) is 6.84. The van der Waals surface area contributed by atoms with Crippen molar-refractivity contribution in [2.45, 2.75) is 32.1 Å². The summed E-state index contributed by atoms with van der Waals surface area (Å²) in [6, 6.07) is 0. The predicted molar refractivity (Wildman–Crippen MR) is 47.6 cm³/mol. The minimum absolute atomic E-state index is 0.176. The molecular weight excluding hydrogens is 136 g/mol. The molecule has 62 valence electrons. The lowest BCUT2D eigenvalue weighted by atomic mass is 9.89. The van der Waals surface area contributed by atoms with Crippen LogP contribution in [0.15, 0.2) is 12.2 Å². The van der Waals surface area contributed by atoms with Crippen LogP contribution in [0.3, 0.4) is 0 Å². The molecule has 0 atom stereocenters. The first-order chi connectivity index (χ1) is 5.29. The van der Waals surface area contributed by atoms with Crippen LogP contribution in [0.5, 0.6) is 0 Å². The molecule has 2 heteroatoms. The number of allylic oxidation sites excluding steroid dienone is 1. The van der Waals surface area contributed by atoms with Crippen LogP contribution in [0.1, 0.15) is 32.1 Å². The number of hydrogen-bond acceptors (Lipinski definition) is 1. The molecule has 1 aliphatic rings. The van der Waals surface area contributed by atoms with Crippen molar-refractivity contribution in [1.82, 2.24) is 0 Å². The highest BCUT2D eigenvalue weighted by Gasteiger charge is 2.09. The van der Waals surface area contributed by atoms with Crippen molar-refractivity contribution in [1.29, 1.82) is 5.41 Å². The lowest BCUT2D eigenvalue weighted by Crippen LogP contribution is -2.07. The van der Waals surface area contributed by atoms with Crippen molar-refractivity contribution in [3.63, 3.8) is 0 Å². The standard InChI is InChI=1S/C9H16N2/c10-9(11)7-6-8-4-2-1-3-5-8/h6-8H,1-5H2,(H3,10,11). The molecular formula is C9H16N2. The monoisotopic (exact) mass is 152 g/mol. The fourth-order valence-electron chi connectivity index (χ4n) is 1.57. The second-order valence-corrected chi connectivity index (χ2v) is 3.21. The molecule has 0 bridgehead atoms. The van der Waals surface area contributed by atoms with Gasteiger partial charge in [0.1, 0.15) is 5.84 Å². The van der Waals surface area contributed by atoms with Crippen LogP contribution in [0.4, 0.5) is 0 Å². The Morgan fingerprint density at radius 1 is 1.27 bits per heavy atom. The quantitative estimate of drug-likeness (QED) is 0.462. The number of amidine groups is 1. The molecule has 11 heavy (non-hydrogen) atoms. The Morgan fingerprint density at radius 2 is 1.91 bits per heavy atom. The fraction of sp³-hybridized carbons (Fsp3) is 0.667. The van der Waals surface area contributed by atoms with Gasteiger partial charge >= 0.3 is 0 Å². The van der Waals surface area contributed by atoms with Gasteiger partial charge in [-0.25, -0.2) is 0 Å². The van der Waals surface area contributed by atoms with Crippen molar-refractivity contribution < 1.29 is 0 Å². The van der Waals surface area contributed by atoms with E-state index in [0.29, 0.717) is 5.92 Å². The van der Waals surface area contributed by atoms with E-state index in [9.17, 15) is 0 Å². The molecule has 0 aromatic carbocycles. The van der Waals surface area contributed by atoms with Crippen molar-refractivity contribution in [3.8, 4) is 0 Å². The van der Waals surface area contributed by atoms with Gasteiger partial charge in [0.15, 0.2) is 0 Å². The van der Waals surface area contributed by atoms with Crippen molar-refractivity contribution in [2.24, 2.45) is 11.7 Å².